The predicted octanol–water partition coefficient (Wildman–Crippen LogP) is 3.23. The first kappa shape index (κ1) is 12.7. The van der Waals surface area contributed by atoms with E-state index < -0.39 is 0 Å². The highest BCUT2D eigenvalue weighted by molar-refractivity contribution is 7.11. The zero-order chi connectivity index (χ0) is 11.3. The Hall–Kier alpha value is -0.410. The lowest BCUT2D eigenvalue weighted by Gasteiger charge is -2.08. The first-order chi connectivity index (χ1) is 7.11. The monoisotopic (exact) mass is 226 g/mol. The molecule has 86 valence electrons. The number of thiazole rings is 1. The molecule has 1 rings (SSSR count). The van der Waals surface area contributed by atoms with Crippen molar-refractivity contribution in [2.24, 2.45) is 5.92 Å². The van der Waals surface area contributed by atoms with E-state index >= 15 is 0 Å². The van der Waals surface area contributed by atoms with Gasteiger partial charge in [-0.05, 0) is 19.3 Å². The molecular formula is C12H22N2S. The minimum Gasteiger partial charge on any atom is -0.309 e. The van der Waals surface area contributed by atoms with Crippen LogP contribution in [0.15, 0.2) is 6.20 Å². The molecule has 0 spiro atoms. The molecule has 0 bridgehead atoms. The molecule has 15 heavy (non-hydrogen) atoms. The fourth-order valence-corrected chi connectivity index (χ4v) is 2.38. The zero-order valence-electron chi connectivity index (χ0n) is 10.2. The van der Waals surface area contributed by atoms with E-state index in [2.05, 4.69) is 38.0 Å². The highest BCUT2D eigenvalue weighted by Gasteiger charge is 2.05. The summed E-state index contributed by atoms with van der Waals surface area (Å²) < 4.78 is 0. The van der Waals surface area contributed by atoms with E-state index in [1.807, 2.05) is 17.5 Å². The van der Waals surface area contributed by atoms with Crippen molar-refractivity contribution in [2.75, 3.05) is 0 Å². The van der Waals surface area contributed by atoms with Gasteiger partial charge < -0.3 is 5.32 Å². The summed E-state index contributed by atoms with van der Waals surface area (Å²) in [4.78, 5) is 5.79. The van der Waals surface area contributed by atoms with Crippen LogP contribution in [0.25, 0.3) is 0 Å². The Kier molecular flexibility index (Phi) is 5.26. The van der Waals surface area contributed by atoms with Crippen molar-refractivity contribution in [1.82, 2.24) is 10.3 Å². The van der Waals surface area contributed by atoms with Crippen LogP contribution in [0.5, 0.6) is 0 Å². The van der Waals surface area contributed by atoms with Crippen molar-refractivity contribution < 1.29 is 0 Å². The Balaban J connectivity index is 2.39. The Morgan fingerprint density at radius 3 is 2.73 bits per heavy atom. The maximum atomic E-state index is 4.44. The minimum atomic E-state index is 0.598. The lowest BCUT2D eigenvalue weighted by atomic mass is 10.1. The number of nitrogens with zero attached hydrogens (tertiary/aromatic N) is 1. The van der Waals surface area contributed by atoms with Gasteiger partial charge in [0, 0.05) is 30.1 Å². The van der Waals surface area contributed by atoms with E-state index in [0.29, 0.717) is 12.0 Å². The van der Waals surface area contributed by atoms with Gasteiger partial charge in [0.05, 0.1) is 5.01 Å². The molecule has 1 heterocycles. The van der Waals surface area contributed by atoms with Crippen LogP contribution < -0.4 is 5.32 Å². The average molecular weight is 226 g/mol. The largest absolute Gasteiger partial charge is 0.309 e. The van der Waals surface area contributed by atoms with Gasteiger partial charge in [0.15, 0.2) is 0 Å². The van der Waals surface area contributed by atoms with Crippen LogP contribution in [0, 0.1) is 5.92 Å². The lowest BCUT2D eigenvalue weighted by molar-refractivity contribution is 0.537. The van der Waals surface area contributed by atoms with Gasteiger partial charge in [-0.25, -0.2) is 4.98 Å². The zero-order valence-corrected chi connectivity index (χ0v) is 11.0. The number of rotatable bonds is 6. The predicted molar refractivity (Wildman–Crippen MR) is 67.2 cm³/mol. The molecule has 0 fully saturated rings. The van der Waals surface area contributed by atoms with Crippen molar-refractivity contribution in [1.29, 1.82) is 0 Å². The molecule has 2 nitrogen and oxygen atoms in total. The van der Waals surface area contributed by atoms with Gasteiger partial charge in [0.25, 0.3) is 0 Å². The van der Waals surface area contributed by atoms with Crippen LogP contribution in [0.4, 0.5) is 0 Å². The Morgan fingerprint density at radius 1 is 1.40 bits per heavy atom. The number of hydrogen-bond donors (Lipinski definition) is 1. The molecule has 0 radical (unpaired) electrons. The van der Waals surface area contributed by atoms with E-state index in [9.17, 15) is 0 Å². The summed E-state index contributed by atoms with van der Waals surface area (Å²) in [5.41, 5.74) is 0. The van der Waals surface area contributed by atoms with Gasteiger partial charge in [-0.3, -0.25) is 0 Å². The second-order valence-electron chi connectivity index (χ2n) is 4.51. The third kappa shape index (κ3) is 4.76. The van der Waals surface area contributed by atoms with Crippen molar-refractivity contribution in [3.63, 3.8) is 0 Å². The summed E-state index contributed by atoms with van der Waals surface area (Å²) in [5, 5.41) is 4.76. The summed E-state index contributed by atoms with van der Waals surface area (Å²) in [6.45, 7) is 9.85. The third-order valence-corrected chi connectivity index (χ3v) is 3.44. The van der Waals surface area contributed by atoms with Gasteiger partial charge in [-0.1, -0.05) is 20.8 Å². The summed E-state index contributed by atoms with van der Waals surface area (Å²) in [5.74, 6) is 0.700. The summed E-state index contributed by atoms with van der Waals surface area (Å²) in [7, 11) is 0. The molecule has 1 atom stereocenters. The smallest absolute Gasteiger partial charge is 0.0930 e. The van der Waals surface area contributed by atoms with E-state index in [1.54, 1.807) is 0 Å². The molecular weight excluding hydrogens is 204 g/mol. The summed E-state index contributed by atoms with van der Waals surface area (Å²) >= 11 is 1.84. The van der Waals surface area contributed by atoms with E-state index in [4.69, 9.17) is 0 Å². The third-order valence-electron chi connectivity index (χ3n) is 2.42. The minimum absolute atomic E-state index is 0.598. The maximum absolute atomic E-state index is 4.44. The average Bonchev–Trinajstić information content (AvgIpc) is 2.61. The molecule has 0 saturated carbocycles. The Bertz CT molecular complexity index is 281. The quantitative estimate of drug-likeness (QED) is 0.805. The molecule has 0 amide bonds. The van der Waals surface area contributed by atoms with Crippen molar-refractivity contribution in [2.45, 2.75) is 53.1 Å². The van der Waals surface area contributed by atoms with Crippen LogP contribution in [-0.2, 0) is 13.0 Å². The van der Waals surface area contributed by atoms with Gasteiger partial charge in [-0.15, -0.1) is 11.3 Å². The first-order valence-corrected chi connectivity index (χ1v) is 6.60. The van der Waals surface area contributed by atoms with Crippen molar-refractivity contribution >= 4 is 11.3 Å². The van der Waals surface area contributed by atoms with E-state index in [1.165, 1.54) is 16.3 Å². The molecule has 3 heteroatoms. The fourth-order valence-electron chi connectivity index (χ4n) is 1.29. The Morgan fingerprint density at radius 2 is 2.13 bits per heavy atom. The molecule has 1 N–H and O–H groups in total. The second kappa shape index (κ2) is 6.23. The molecule has 0 aliphatic heterocycles. The number of hydrogen-bond acceptors (Lipinski definition) is 3. The van der Waals surface area contributed by atoms with Crippen molar-refractivity contribution in [3.05, 3.63) is 16.1 Å². The maximum Gasteiger partial charge on any atom is 0.0930 e. The van der Waals surface area contributed by atoms with Crippen molar-refractivity contribution in [3.8, 4) is 0 Å². The standard InChI is InChI=1S/C12H22N2S/c1-5-10(4)13-7-11-8-14-12(15-11)6-9(2)3/h8-10,13H,5-7H2,1-4H3. The van der Waals surface area contributed by atoms with Crippen LogP contribution in [0.3, 0.4) is 0 Å². The molecule has 0 aromatic carbocycles. The van der Waals surface area contributed by atoms with Crippen LogP contribution in [0.2, 0.25) is 0 Å². The molecule has 0 saturated heterocycles. The van der Waals surface area contributed by atoms with Gasteiger partial charge in [0.2, 0.25) is 0 Å². The van der Waals surface area contributed by atoms with Gasteiger partial charge in [-0.2, -0.15) is 0 Å². The molecule has 0 aliphatic rings. The van der Waals surface area contributed by atoms with Gasteiger partial charge in [0.1, 0.15) is 0 Å². The molecule has 1 aromatic rings. The summed E-state index contributed by atoms with van der Waals surface area (Å²) in [6.07, 6.45) is 4.30. The molecule has 0 aliphatic carbocycles. The van der Waals surface area contributed by atoms with E-state index in [0.717, 1.165) is 13.0 Å². The summed E-state index contributed by atoms with van der Waals surface area (Å²) in [6, 6.07) is 0.598. The normalized spacial score (nSPS) is 13.4. The van der Waals surface area contributed by atoms with Crippen LogP contribution >= 0.6 is 11.3 Å². The molecule has 1 unspecified atom stereocenters. The first-order valence-electron chi connectivity index (χ1n) is 5.78. The number of aromatic nitrogens is 1. The Labute approximate surface area is 97.1 Å². The highest BCUT2D eigenvalue weighted by atomic mass is 32.1. The topological polar surface area (TPSA) is 24.9 Å². The fraction of sp³-hybridized carbons (Fsp3) is 0.750. The van der Waals surface area contributed by atoms with E-state index in [-0.39, 0.29) is 0 Å². The second-order valence-corrected chi connectivity index (χ2v) is 5.71. The SMILES string of the molecule is CCC(C)NCc1cnc(CC(C)C)s1. The van der Waals surface area contributed by atoms with Crippen LogP contribution in [-0.4, -0.2) is 11.0 Å². The lowest BCUT2D eigenvalue weighted by Crippen LogP contribution is -2.23. The van der Waals surface area contributed by atoms with Gasteiger partial charge >= 0.3 is 0 Å². The number of nitrogens with one attached hydrogen (secondary N) is 1. The highest BCUT2D eigenvalue weighted by Crippen LogP contribution is 2.16. The molecule has 1 aromatic heterocycles. The van der Waals surface area contributed by atoms with Crippen LogP contribution in [0.1, 0.15) is 44.0 Å².